The van der Waals surface area contributed by atoms with Gasteiger partial charge in [0.05, 0.1) is 11.9 Å². The minimum Gasteiger partial charge on any atom is -0.261 e. The summed E-state index contributed by atoms with van der Waals surface area (Å²) in [5.41, 5.74) is 2.92. The second-order valence-electron chi connectivity index (χ2n) is 3.99. The molecule has 0 fully saturated rings. The Morgan fingerprint density at radius 1 is 1.16 bits per heavy atom. The highest BCUT2D eigenvalue weighted by Crippen LogP contribution is 2.35. The first kappa shape index (κ1) is 12.4. The topological polar surface area (TPSA) is 38.7 Å². The number of rotatable bonds is 2. The van der Waals surface area contributed by atoms with Crippen molar-refractivity contribution in [3.8, 4) is 22.0 Å². The van der Waals surface area contributed by atoms with Crippen molar-refractivity contribution in [1.82, 2.24) is 15.0 Å². The van der Waals surface area contributed by atoms with E-state index in [0.29, 0.717) is 0 Å². The van der Waals surface area contributed by atoms with Crippen LogP contribution in [0.3, 0.4) is 0 Å². The lowest BCUT2D eigenvalue weighted by Gasteiger charge is -2.01. The van der Waals surface area contributed by atoms with E-state index in [9.17, 15) is 0 Å². The normalized spacial score (nSPS) is 10.6. The lowest BCUT2D eigenvalue weighted by Crippen LogP contribution is -1.85. The van der Waals surface area contributed by atoms with Crippen LogP contribution in [0.2, 0.25) is 0 Å². The van der Waals surface area contributed by atoms with Crippen LogP contribution in [0.4, 0.5) is 0 Å². The number of nitrogens with zero attached hydrogens (tertiary/aromatic N) is 3. The third-order valence-electron chi connectivity index (χ3n) is 2.71. The summed E-state index contributed by atoms with van der Waals surface area (Å²) >= 11 is 5.21. The largest absolute Gasteiger partial charge is 0.261 e. The molecular formula is C14H10BrN3S. The molecule has 3 rings (SSSR count). The van der Waals surface area contributed by atoms with Gasteiger partial charge in [-0.3, -0.25) is 9.97 Å². The molecule has 1 aromatic carbocycles. The average Bonchev–Trinajstić information content (AvgIpc) is 2.82. The van der Waals surface area contributed by atoms with Crippen LogP contribution in [0.25, 0.3) is 22.0 Å². The molecular weight excluding hydrogens is 322 g/mol. The molecule has 19 heavy (non-hydrogen) atoms. The molecule has 0 N–H and O–H groups in total. The van der Waals surface area contributed by atoms with E-state index in [2.05, 4.69) is 38.9 Å². The zero-order valence-corrected chi connectivity index (χ0v) is 12.6. The Kier molecular flexibility index (Phi) is 3.40. The Balaban J connectivity index is 2.11. The van der Waals surface area contributed by atoms with Crippen LogP contribution >= 0.6 is 27.3 Å². The van der Waals surface area contributed by atoms with E-state index in [1.807, 2.05) is 18.2 Å². The smallest absolute Gasteiger partial charge is 0.144 e. The lowest BCUT2D eigenvalue weighted by molar-refractivity contribution is 1.19. The summed E-state index contributed by atoms with van der Waals surface area (Å²) in [5, 5.41) is 0.899. The Bertz CT molecular complexity index is 710. The minimum atomic E-state index is 0.814. The van der Waals surface area contributed by atoms with E-state index in [-0.39, 0.29) is 0 Å². The van der Waals surface area contributed by atoms with E-state index in [1.165, 1.54) is 4.88 Å². The first-order chi connectivity index (χ1) is 9.25. The number of halogens is 1. The molecule has 0 spiro atoms. The maximum atomic E-state index is 4.70. The Morgan fingerprint density at radius 3 is 2.74 bits per heavy atom. The molecule has 3 aromatic rings. The second kappa shape index (κ2) is 5.19. The number of thiazole rings is 1. The molecule has 0 aliphatic rings. The fraction of sp³-hybridized carbons (Fsp3) is 0.0714. The first-order valence-electron chi connectivity index (χ1n) is 5.74. The van der Waals surface area contributed by atoms with Crippen LogP contribution in [-0.4, -0.2) is 15.0 Å². The van der Waals surface area contributed by atoms with Gasteiger partial charge in [0, 0.05) is 27.3 Å². The summed E-state index contributed by atoms with van der Waals surface area (Å²) in [6.45, 7) is 2.08. The zero-order chi connectivity index (χ0) is 13.2. The molecule has 0 bridgehead atoms. The van der Waals surface area contributed by atoms with Crippen LogP contribution < -0.4 is 0 Å². The van der Waals surface area contributed by atoms with Gasteiger partial charge in [0.1, 0.15) is 10.7 Å². The highest BCUT2D eigenvalue weighted by atomic mass is 79.9. The van der Waals surface area contributed by atoms with Gasteiger partial charge in [0.15, 0.2) is 0 Å². The third-order valence-corrected chi connectivity index (χ3v) is 4.39. The van der Waals surface area contributed by atoms with E-state index in [4.69, 9.17) is 4.98 Å². The first-order valence-corrected chi connectivity index (χ1v) is 7.35. The highest BCUT2D eigenvalue weighted by Gasteiger charge is 2.13. The Hall–Kier alpha value is -1.59. The lowest BCUT2D eigenvalue weighted by atomic mass is 10.1. The molecule has 0 unspecified atom stereocenters. The molecule has 94 valence electrons. The van der Waals surface area contributed by atoms with Crippen molar-refractivity contribution in [2.45, 2.75) is 6.92 Å². The number of aryl methyl sites for hydroxylation is 1. The molecule has 0 aliphatic carbocycles. The summed E-state index contributed by atoms with van der Waals surface area (Å²) in [7, 11) is 0. The van der Waals surface area contributed by atoms with E-state index in [0.717, 1.165) is 26.4 Å². The van der Waals surface area contributed by atoms with Crippen molar-refractivity contribution < 1.29 is 0 Å². The van der Waals surface area contributed by atoms with Gasteiger partial charge < -0.3 is 0 Å². The fourth-order valence-electron chi connectivity index (χ4n) is 1.82. The van der Waals surface area contributed by atoms with Crippen LogP contribution in [0.15, 0.2) is 47.3 Å². The Labute approximate surface area is 123 Å². The van der Waals surface area contributed by atoms with Gasteiger partial charge in [0.25, 0.3) is 0 Å². The maximum absolute atomic E-state index is 4.70. The van der Waals surface area contributed by atoms with Crippen molar-refractivity contribution in [3.05, 3.63) is 52.2 Å². The third kappa shape index (κ3) is 2.43. The molecule has 2 aromatic heterocycles. The van der Waals surface area contributed by atoms with Gasteiger partial charge in [-0.15, -0.1) is 11.3 Å². The highest BCUT2D eigenvalue weighted by molar-refractivity contribution is 9.10. The van der Waals surface area contributed by atoms with E-state index >= 15 is 0 Å². The zero-order valence-electron chi connectivity index (χ0n) is 10.2. The molecule has 2 heterocycles. The Morgan fingerprint density at radius 2 is 2.00 bits per heavy atom. The summed E-state index contributed by atoms with van der Waals surface area (Å²) in [6.07, 6.45) is 5.09. The van der Waals surface area contributed by atoms with Crippen LogP contribution in [0.1, 0.15) is 4.88 Å². The monoisotopic (exact) mass is 331 g/mol. The molecule has 0 radical (unpaired) electrons. The van der Waals surface area contributed by atoms with Crippen LogP contribution in [-0.2, 0) is 0 Å². The number of benzene rings is 1. The second-order valence-corrected chi connectivity index (χ2v) is 6.05. The number of hydrogen-bond donors (Lipinski definition) is 0. The summed E-state index contributed by atoms with van der Waals surface area (Å²) in [6, 6.07) is 8.10. The standard InChI is InChI=1S/C14H10BrN3S/c1-9-13(10-4-2-3-5-11(10)15)18-14(19-9)12-8-16-6-7-17-12/h2-8H,1H3. The predicted octanol–water partition coefficient (Wildman–Crippen LogP) is 4.34. The van der Waals surface area contributed by atoms with Crippen LogP contribution in [0, 0.1) is 6.92 Å². The molecule has 0 atom stereocenters. The molecule has 0 saturated heterocycles. The molecule has 0 aliphatic heterocycles. The summed E-state index contributed by atoms with van der Waals surface area (Å²) < 4.78 is 1.05. The van der Waals surface area contributed by atoms with Crippen molar-refractivity contribution in [2.75, 3.05) is 0 Å². The SMILES string of the molecule is Cc1sc(-c2cnccn2)nc1-c1ccccc1Br. The molecule has 0 saturated carbocycles. The van der Waals surface area contributed by atoms with Gasteiger partial charge in [-0.25, -0.2) is 4.98 Å². The molecule has 3 nitrogen and oxygen atoms in total. The number of hydrogen-bond acceptors (Lipinski definition) is 4. The summed E-state index contributed by atoms with van der Waals surface area (Å²) in [5.74, 6) is 0. The minimum absolute atomic E-state index is 0.814. The van der Waals surface area contributed by atoms with Crippen LogP contribution in [0.5, 0.6) is 0 Å². The van der Waals surface area contributed by atoms with Gasteiger partial charge >= 0.3 is 0 Å². The average molecular weight is 332 g/mol. The fourth-order valence-corrected chi connectivity index (χ4v) is 3.18. The van der Waals surface area contributed by atoms with Gasteiger partial charge in [-0.05, 0) is 13.0 Å². The predicted molar refractivity (Wildman–Crippen MR) is 81.0 cm³/mol. The van der Waals surface area contributed by atoms with Gasteiger partial charge in [0.2, 0.25) is 0 Å². The van der Waals surface area contributed by atoms with Crippen molar-refractivity contribution in [2.24, 2.45) is 0 Å². The maximum Gasteiger partial charge on any atom is 0.144 e. The van der Waals surface area contributed by atoms with Gasteiger partial charge in [-0.2, -0.15) is 0 Å². The van der Waals surface area contributed by atoms with Gasteiger partial charge in [-0.1, -0.05) is 34.1 Å². The van der Waals surface area contributed by atoms with E-state index in [1.54, 1.807) is 29.9 Å². The van der Waals surface area contributed by atoms with E-state index < -0.39 is 0 Å². The van der Waals surface area contributed by atoms with Crippen molar-refractivity contribution in [1.29, 1.82) is 0 Å². The number of aromatic nitrogens is 3. The quantitative estimate of drug-likeness (QED) is 0.701. The van der Waals surface area contributed by atoms with Crippen molar-refractivity contribution in [3.63, 3.8) is 0 Å². The summed E-state index contributed by atoms with van der Waals surface area (Å²) in [4.78, 5) is 14.2. The molecule has 5 heteroatoms. The van der Waals surface area contributed by atoms with Crippen molar-refractivity contribution >= 4 is 27.3 Å². The molecule has 0 amide bonds.